The topological polar surface area (TPSA) is 93.7 Å². The predicted octanol–water partition coefficient (Wildman–Crippen LogP) is 2.40. The Bertz CT molecular complexity index is 737. The molecule has 0 bridgehead atoms. The lowest BCUT2D eigenvalue weighted by Gasteiger charge is -2.31. The van der Waals surface area contributed by atoms with Crippen LogP contribution in [0, 0.1) is 0 Å². The minimum absolute atomic E-state index is 0.170. The van der Waals surface area contributed by atoms with E-state index in [4.69, 9.17) is 9.47 Å². The molecule has 1 fully saturated rings. The van der Waals surface area contributed by atoms with Crippen LogP contribution in [-0.2, 0) is 14.3 Å². The molecule has 7 heteroatoms. The van der Waals surface area contributed by atoms with Gasteiger partial charge in [0.05, 0.1) is 11.3 Å². The quantitative estimate of drug-likeness (QED) is 0.804. The van der Waals surface area contributed by atoms with E-state index >= 15 is 0 Å². The molecular formula is C19H24N2O5. The lowest BCUT2D eigenvalue weighted by Crippen LogP contribution is -2.45. The summed E-state index contributed by atoms with van der Waals surface area (Å²) in [4.78, 5) is 36.5. The van der Waals surface area contributed by atoms with Crippen molar-refractivity contribution in [2.45, 2.75) is 64.2 Å². The van der Waals surface area contributed by atoms with Gasteiger partial charge in [0.2, 0.25) is 0 Å². The zero-order valence-electron chi connectivity index (χ0n) is 15.3. The van der Waals surface area contributed by atoms with Crippen LogP contribution >= 0.6 is 0 Å². The highest BCUT2D eigenvalue weighted by atomic mass is 16.5. The summed E-state index contributed by atoms with van der Waals surface area (Å²) in [7, 11) is 0. The number of fused-ring (bicyclic) bond motifs is 1. The largest absolute Gasteiger partial charge is 0.476 e. The van der Waals surface area contributed by atoms with Crippen LogP contribution in [-0.4, -0.2) is 35.5 Å². The number of hydrogen-bond donors (Lipinski definition) is 2. The third-order valence-corrected chi connectivity index (χ3v) is 4.73. The van der Waals surface area contributed by atoms with E-state index in [2.05, 4.69) is 10.6 Å². The van der Waals surface area contributed by atoms with Crippen molar-refractivity contribution in [1.29, 1.82) is 0 Å². The fourth-order valence-electron chi connectivity index (χ4n) is 3.11. The Kier molecular flexibility index (Phi) is 4.89. The number of hydrogen-bond acceptors (Lipinski definition) is 5. The molecule has 2 aliphatic rings. The number of carbonyl (C=O) groups is 3. The smallest absolute Gasteiger partial charge is 0.338 e. The molecule has 0 radical (unpaired) electrons. The first-order valence-corrected chi connectivity index (χ1v) is 8.92. The Morgan fingerprint density at radius 3 is 2.69 bits per heavy atom. The molecule has 0 spiro atoms. The summed E-state index contributed by atoms with van der Waals surface area (Å²) < 4.78 is 10.9. The maximum Gasteiger partial charge on any atom is 0.338 e. The van der Waals surface area contributed by atoms with Gasteiger partial charge in [-0.05, 0) is 51.8 Å². The zero-order valence-corrected chi connectivity index (χ0v) is 15.3. The minimum Gasteiger partial charge on any atom is -0.476 e. The lowest BCUT2D eigenvalue weighted by molar-refractivity contribution is -0.130. The van der Waals surface area contributed by atoms with Crippen molar-refractivity contribution in [3.05, 3.63) is 23.8 Å². The van der Waals surface area contributed by atoms with E-state index < -0.39 is 17.7 Å². The fourth-order valence-corrected chi connectivity index (χ4v) is 3.11. The molecule has 3 rings (SSSR count). The van der Waals surface area contributed by atoms with E-state index in [9.17, 15) is 14.4 Å². The number of anilines is 1. The van der Waals surface area contributed by atoms with Crippen molar-refractivity contribution in [2.75, 3.05) is 5.32 Å². The van der Waals surface area contributed by atoms with Gasteiger partial charge in [0.1, 0.15) is 5.75 Å². The maximum absolute atomic E-state index is 12.3. The summed E-state index contributed by atoms with van der Waals surface area (Å²) in [6.07, 6.45) is 3.27. The second-order valence-electron chi connectivity index (χ2n) is 7.31. The summed E-state index contributed by atoms with van der Waals surface area (Å²) in [6.45, 7) is 4.88. The van der Waals surface area contributed by atoms with Gasteiger partial charge < -0.3 is 20.1 Å². The molecule has 1 atom stereocenters. The molecule has 2 N–H and O–H groups in total. The van der Waals surface area contributed by atoms with E-state index in [0.29, 0.717) is 11.4 Å². The van der Waals surface area contributed by atoms with E-state index in [0.717, 1.165) is 25.7 Å². The monoisotopic (exact) mass is 360 g/mol. The fraction of sp³-hybridized carbons (Fsp3) is 0.526. The van der Waals surface area contributed by atoms with Crippen LogP contribution in [0.5, 0.6) is 5.75 Å². The number of esters is 1. The number of carbonyl (C=O) groups excluding carboxylic acids is 3. The number of ether oxygens (including phenoxy) is 2. The van der Waals surface area contributed by atoms with Gasteiger partial charge in [0.25, 0.3) is 11.8 Å². The maximum atomic E-state index is 12.3. The van der Waals surface area contributed by atoms with Crippen LogP contribution in [0.1, 0.15) is 56.8 Å². The SMILES string of the molecule is C[C@@H](OC(=O)c1ccc2c(c1)NC(=O)C(C)(C)O2)C(=O)NC1CCCC1. The van der Waals surface area contributed by atoms with E-state index in [1.807, 2.05) is 0 Å². The Labute approximate surface area is 152 Å². The Hall–Kier alpha value is -2.57. The number of benzene rings is 1. The molecule has 1 aliphatic heterocycles. The molecule has 2 amide bonds. The molecule has 1 aromatic rings. The van der Waals surface area contributed by atoms with Crippen LogP contribution < -0.4 is 15.4 Å². The van der Waals surface area contributed by atoms with Gasteiger partial charge in [-0.1, -0.05) is 12.8 Å². The molecule has 1 aliphatic carbocycles. The van der Waals surface area contributed by atoms with E-state index in [1.165, 1.54) is 6.07 Å². The van der Waals surface area contributed by atoms with Crippen LogP contribution in [0.25, 0.3) is 0 Å². The molecule has 0 unspecified atom stereocenters. The standard InChI is InChI=1S/C19H24N2O5/c1-11(16(22)20-13-6-4-5-7-13)25-17(23)12-8-9-15-14(10-12)21-18(24)19(2,3)26-15/h8-11,13H,4-7H2,1-3H3,(H,20,22)(H,21,24)/t11-/m1/s1. The third-order valence-electron chi connectivity index (χ3n) is 4.73. The lowest BCUT2D eigenvalue weighted by atomic mass is 10.0. The molecule has 1 saturated carbocycles. The van der Waals surface area contributed by atoms with Crippen molar-refractivity contribution >= 4 is 23.5 Å². The second-order valence-corrected chi connectivity index (χ2v) is 7.31. The van der Waals surface area contributed by atoms with Crippen molar-refractivity contribution in [3.63, 3.8) is 0 Å². The molecule has 1 heterocycles. The van der Waals surface area contributed by atoms with Crippen molar-refractivity contribution < 1.29 is 23.9 Å². The first-order chi connectivity index (χ1) is 12.3. The molecule has 140 valence electrons. The highest BCUT2D eigenvalue weighted by Crippen LogP contribution is 2.34. The van der Waals surface area contributed by atoms with Gasteiger partial charge in [0.15, 0.2) is 11.7 Å². The van der Waals surface area contributed by atoms with E-state index in [-0.39, 0.29) is 23.4 Å². The van der Waals surface area contributed by atoms with Crippen LogP contribution in [0.4, 0.5) is 5.69 Å². The molecule has 7 nitrogen and oxygen atoms in total. The average Bonchev–Trinajstić information content (AvgIpc) is 3.08. The normalized spacial score (nSPS) is 19.7. The summed E-state index contributed by atoms with van der Waals surface area (Å²) in [6, 6.07) is 4.82. The molecule has 26 heavy (non-hydrogen) atoms. The van der Waals surface area contributed by atoms with Crippen LogP contribution in [0.15, 0.2) is 18.2 Å². The van der Waals surface area contributed by atoms with Gasteiger partial charge >= 0.3 is 5.97 Å². The van der Waals surface area contributed by atoms with Crippen LogP contribution in [0.3, 0.4) is 0 Å². The van der Waals surface area contributed by atoms with E-state index in [1.54, 1.807) is 32.9 Å². The highest BCUT2D eigenvalue weighted by molar-refractivity contribution is 6.02. The Balaban J connectivity index is 1.64. The Morgan fingerprint density at radius 1 is 1.31 bits per heavy atom. The number of rotatable bonds is 4. The zero-order chi connectivity index (χ0) is 18.9. The first kappa shape index (κ1) is 18.2. The van der Waals surface area contributed by atoms with Crippen molar-refractivity contribution in [2.24, 2.45) is 0 Å². The average molecular weight is 360 g/mol. The van der Waals surface area contributed by atoms with Gasteiger partial charge in [-0.3, -0.25) is 9.59 Å². The number of nitrogens with one attached hydrogen (secondary N) is 2. The Morgan fingerprint density at radius 2 is 2.00 bits per heavy atom. The minimum atomic E-state index is -0.970. The molecular weight excluding hydrogens is 336 g/mol. The van der Waals surface area contributed by atoms with Gasteiger partial charge in [0, 0.05) is 6.04 Å². The van der Waals surface area contributed by atoms with Gasteiger partial charge in [-0.25, -0.2) is 4.79 Å². The highest BCUT2D eigenvalue weighted by Gasteiger charge is 2.35. The van der Waals surface area contributed by atoms with Crippen LogP contribution in [0.2, 0.25) is 0 Å². The van der Waals surface area contributed by atoms with Crippen molar-refractivity contribution in [1.82, 2.24) is 5.32 Å². The molecule has 0 saturated heterocycles. The molecule has 1 aromatic carbocycles. The van der Waals surface area contributed by atoms with Gasteiger partial charge in [-0.2, -0.15) is 0 Å². The van der Waals surface area contributed by atoms with Crippen molar-refractivity contribution in [3.8, 4) is 5.75 Å². The third kappa shape index (κ3) is 3.81. The summed E-state index contributed by atoms with van der Waals surface area (Å²) >= 11 is 0. The van der Waals surface area contributed by atoms with Gasteiger partial charge in [-0.15, -0.1) is 0 Å². The predicted molar refractivity (Wildman–Crippen MR) is 95.1 cm³/mol. The molecule has 0 aromatic heterocycles. The number of amides is 2. The summed E-state index contributed by atoms with van der Waals surface area (Å²) in [5, 5.41) is 5.63. The summed E-state index contributed by atoms with van der Waals surface area (Å²) in [5.41, 5.74) is -0.318. The summed E-state index contributed by atoms with van der Waals surface area (Å²) in [5.74, 6) is -0.722. The second kappa shape index (κ2) is 6.97. The first-order valence-electron chi connectivity index (χ1n) is 8.92.